The van der Waals surface area contributed by atoms with Crippen molar-refractivity contribution in [3.05, 3.63) is 65.7 Å². The maximum absolute atomic E-state index is 11.9. The number of ether oxygens (including phenoxy) is 1. The Hall–Kier alpha value is -3.79. The lowest BCUT2D eigenvalue weighted by atomic mass is 10.2. The van der Waals surface area contributed by atoms with Crippen molar-refractivity contribution in [2.24, 2.45) is 0 Å². The van der Waals surface area contributed by atoms with Crippen molar-refractivity contribution in [2.75, 3.05) is 31.1 Å². The Morgan fingerprint density at radius 2 is 1.79 bits per heavy atom. The molecule has 2 N–H and O–H groups in total. The van der Waals surface area contributed by atoms with Gasteiger partial charge in [-0.05, 0) is 36.4 Å². The van der Waals surface area contributed by atoms with Gasteiger partial charge < -0.3 is 15.4 Å². The Morgan fingerprint density at radius 3 is 2.46 bits per heavy atom. The minimum Gasteiger partial charge on any atom is -0.447 e. The summed E-state index contributed by atoms with van der Waals surface area (Å²) in [7, 11) is 0. The molecule has 28 heavy (non-hydrogen) atoms. The van der Waals surface area contributed by atoms with Crippen molar-refractivity contribution in [2.45, 2.75) is 0 Å². The van der Waals surface area contributed by atoms with Crippen LogP contribution in [0, 0.1) is 11.8 Å². The average molecular weight is 377 g/mol. The van der Waals surface area contributed by atoms with E-state index < -0.39 is 0 Å². The van der Waals surface area contributed by atoms with Crippen LogP contribution in [-0.2, 0) is 9.53 Å². The van der Waals surface area contributed by atoms with E-state index >= 15 is 0 Å². The zero-order valence-corrected chi connectivity index (χ0v) is 15.1. The zero-order chi connectivity index (χ0) is 19.8. The molecule has 0 atom stereocenters. The largest absolute Gasteiger partial charge is 0.447 e. The predicted molar refractivity (Wildman–Crippen MR) is 104 cm³/mol. The lowest BCUT2D eigenvalue weighted by Crippen LogP contribution is -2.37. The van der Waals surface area contributed by atoms with Gasteiger partial charge >= 0.3 is 6.09 Å². The number of cyclic esters (lactones) is 1. The highest BCUT2D eigenvalue weighted by Gasteiger charge is 2.23. The molecule has 1 heterocycles. The third-order valence-electron chi connectivity index (χ3n) is 3.99. The van der Waals surface area contributed by atoms with Crippen molar-refractivity contribution in [1.29, 1.82) is 0 Å². The highest BCUT2D eigenvalue weighted by atomic mass is 16.6. The summed E-state index contributed by atoms with van der Waals surface area (Å²) in [5.74, 6) is 5.16. The smallest absolute Gasteiger partial charge is 0.414 e. The van der Waals surface area contributed by atoms with Gasteiger partial charge in [0.1, 0.15) is 6.61 Å². The number of hydrogen-bond acceptors (Lipinski definition) is 4. The topological polar surface area (TPSA) is 87.7 Å². The summed E-state index contributed by atoms with van der Waals surface area (Å²) in [6.07, 6.45) is -0.346. The summed E-state index contributed by atoms with van der Waals surface area (Å²) in [5, 5.41) is 5.18. The Labute approximate surface area is 162 Å². The molecule has 0 spiro atoms. The summed E-state index contributed by atoms with van der Waals surface area (Å²) in [4.78, 5) is 36.7. The standard InChI is InChI=1S/C21H19N3O4/c25-19(15-23-20(26)17-6-2-1-3-7-17)22-12-4-5-16-8-10-18(11-9-16)24-13-14-28-21(24)27/h1-3,6-11H,12-15H2,(H,22,25)(H,23,26). The van der Waals surface area contributed by atoms with Crippen molar-refractivity contribution in [3.8, 4) is 11.8 Å². The van der Waals surface area contributed by atoms with E-state index in [2.05, 4.69) is 22.5 Å². The second-order valence-electron chi connectivity index (χ2n) is 5.94. The lowest BCUT2D eigenvalue weighted by Gasteiger charge is -2.11. The van der Waals surface area contributed by atoms with Crippen LogP contribution in [0.15, 0.2) is 54.6 Å². The Morgan fingerprint density at radius 1 is 1.04 bits per heavy atom. The molecule has 1 aliphatic rings. The molecule has 1 fully saturated rings. The zero-order valence-electron chi connectivity index (χ0n) is 15.1. The molecule has 3 rings (SSSR count). The molecule has 142 valence electrons. The monoisotopic (exact) mass is 377 g/mol. The van der Waals surface area contributed by atoms with Crippen LogP contribution in [0.3, 0.4) is 0 Å². The predicted octanol–water partition coefficient (Wildman–Crippen LogP) is 1.54. The first-order chi connectivity index (χ1) is 13.6. The van der Waals surface area contributed by atoms with Gasteiger partial charge in [0.25, 0.3) is 5.91 Å². The molecule has 0 aromatic heterocycles. The minimum atomic E-state index is -0.346. The number of nitrogens with one attached hydrogen (secondary N) is 2. The summed E-state index contributed by atoms with van der Waals surface area (Å²) < 4.78 is 4.90. The third kappa shape index (κ3) is 5.11. The van der Waals surface area contributed by atoms with Gasteiger partial charge in [-0.2, -0.15) is 0 Å². The Kier molecular flexibility index (Phi) is 6.26. The molecule has 1 saturated heterocycles. The van der Waals surface area contributed by atoms with Crippen LogP contribution in [0.1, 0.15) is 15.9 Å². The summed E-state index contributed by atoms with van der Waals surface area (Å²) >= 11 is 0. The van der Waals surface area contributed by atoms with Crippen LogP contribution in [0.2, 0.25) is 0 Å². The maximum Gasteiger partial charge on any atom is 0.414 e. The van der Waals surface area contributed by atoms with E-state index in [0.29, 0.717) is 18.7 Å². The van der Waals surface area contributed by atoms with E-state index in [-0.39, 0.29) is 31.0 Å². The first-order valence-corrected chi connectivity index (χ1v) is 8.76. The minimum absolute atomic E-state index is 0.115. The van der Waals surface area contributed by atoms with Crippen LogP contribution in [0.4, 0.5) is 10.5 Å². The highest BCUT2D eigenvalue weighted by molar-refractivity contribution is 5.96. The summed E-state index contributed by atoms with van der Waals surface area (Å²) in [6, 6.07) is 15.9. The number of rotatable bonds is 5. The molecular formula is C21H19N3O4. The van der Waals surface area contributed by atoms with E-state index in [9.17, 15) is 14.4 Å². The Bertz CT molecular complexity index is 914. The molecule has 0 unspecified atom stereocenters. The molecule has 7 nitrogen and oxygen atoms in total. The fourth-order valence-corrected chi connectivity index (χ4v) is 2.56. The first-order valence-electron chi connectivity index (χ1n) is 8.76. The molecule has 0 bridgehead atoms. The molecular weight excluding hydrogens is 358 g/mol. The quantitative estimate of drug-likeness (QED) is 0.774. The fraction of sp³-hybridized carbons (Fsp3) is 0.190. The molecule has 2 aromatic rings. The van der Waals surface area contributed by atoms with Gasteiger partial charge in [-0.25, -0.2) is 4.79 Å². The van der Waals surface area contributed by atoms with E-state index in [4.69, 9.17) is 4.74 Å². The van der Waals surface area contributed by atoms with Crippen LogP contribution in [0.25, 0.3) is 0 Å². The van der Waals surface area contributed by atoms with Crippen molar-refractivity contribution < 1.29 is 19.1 Å². The van der Waals surface area contributed by atoms with Gasteiger partial charge in [0, 0.05) is 16.8 Å². The van der Waals surface area contributed by atoms with Gasteiger partial charge in [-0.3, -0.25) is 14.5 Å². The number of benzene rings is 2. The van der Waals surface area contributed by atoms with Crippen LogP contribution in [-0.4, -0.2) is 44.1 Å². The number of amides is 3. The number of anilines is 1. The molecule has 2 aromatic carbocycles. The van der Waals surface area contributed by atoms with Crippen molar-refractivity contribution in [1.82, 2.24) is 10.6 Å². The number of carbonyl (C=O) groups excluding carboxylic acids is 3. The van der Waals surface area contributed by atoms with Crippen LogP contribution >= 0.6 is 0 Å². The van der Waals surface area contributed by atoms with E-state index in [0.717, 1.165) is 11.3 Å². The average Bonchev–Trinajstić information content (AvgIpc) is 3.16. The van der Waals surface area contributed by atoms with Crippen molar-refractivity contribution in [3.63, 3.8) is 0 Å². The van der Waals surface area contributed by atoms with Crippen LogP contribution < -0.4 is 15.5 Å². The molecule has 3 amide bonds. The first kappa shape index (κ1) is 19.0. The van der Waals surface area contributed by atoms with Crippen molar-refractivity contribution >= 4 is 23.6 Å². The van der Waals surface area contributed by atoms with Gasteiger partial charge in [-0.15, -0.1) is 0 Å². The lowest BCUT2D eigenvalue weighted by molar-refractivity contribution is -0.119. The SMILES string of the molecule is O=C(CNC(=O)c1ccccc1)NCC#Cc1ccc(N2CCOC2=O)cc1. The molecule has 0 radical (unpaired) electrons. The molecule has 0 aliphatic carbocycles. The normalized spacial score (nSPS) is 12.6. The van der Waals surface area contributed by atoms with Gasteiger partial charge in [0.15, 0.2) is 0 Å². The third-order valence-corrected chi connectivity index (χ3v) is 3.99. The van der Waals surface area contributed by atoms with Crippen LogP contribution in [0.5, 0.6) is 0 Å². The summed E-state index contributed by atoms with van der Waals surface area (Å²) in [5.41, 5.74) is 2.03. The number of nitrogens with zero attached hydrogens (tertiary/aromatic N) is 1. The van der Waals surface area contributed by atoms with Gasteiger partial charge in [-0.1, -0.05) is 30.0 Å². The van der Waals surface area contributed by atoms with Gasteiger partial charge in [0.05, 0.1) is 19.6 Å². The number of carbonyl (C=O) groups is 3. The van der Waals surface area contributed by atoms with E-state index in [1.165, 1.54) is 0 Å². The second-order valence-corrected chi connectivity index (χ2v) is 5.94. The number of hydrogen-bond donors (Lipinski definition) is 2. The van der Waals surface area contributed by atoms with E-state index in [1.54, 1.807) is 53.4 Å². The summed E-state index contributed by atoms with van der Waals surface area (Å²) in [6.45, 7) is 0.985. The van der Waals surface area contributed by atoms with Gasteiger partial charge in [0.2, 0.25) is 5.91 Å². The second kappa shape index (κ2) is 9.24. The Balaban J connectivity index is 1.41. The molecule has 7 heteroatoms. The van der Waals surface area contributed by atoms with E-state index in [1.807, 2.05) is 6.07 Å². The highest BCUT2D eigenvalue weighted by Crippen LogP contribution is 2.18. The fourth-order valence-electron chi connectivity index (χ4n) is 2.56. The maximum atomic E-state index is 11.9. The molecule has 0 saturated carbocycles. The molecule has 1 aliphatic heterocycles.